The average Bonchev–Trinajstić information content (AvgIpc) is 1.82. The lowest BCUT2D eigenvalue weighted by molar-refractivity contribution is -0.320. The Morgan fingerprint density at radius 3 is 1.92 bits per heavy atom. The first-order valence-electron chi connectivity index (χ1n) is 4.79. The summed E-state index contributed by atoms with van der Waals surface area (Å²) in [5, 5.41) is 0. The van der Waals surface area contributed by atoms with E-state index in [1.54, 1.807) is 0 Å². The molecule has 1 aliphatic rings. The first kappa shape index (κ1) is 10.0. The summed E-state index contributed by atoms with van der Waals surface area (Å²) in [7, 11) is 0. The van der Waals surface area contributed by atoms with Crippen LogP contribution in [0.2, 0.25) is 0 Å². The van der Waals surface area contributed by atoms with Gasteiger partial charge in [0.25, 0.3) is 0 Å². The Bertz CT molecular complexity index is 144. The molecule has 0 spiro atoms. The fourth-order valence-electron chi connectivity index (χ4n) is 1.66. The molecule has 1 fully saturated rings. The van der Waals surface area contributed by atoms with Crippen LogP contribution in [0.1, 0.15) is 41.0 Å². The van der Waals surface area contributed by atoms with Crippen LogP contribution in [0.15, 0.2) is 0 Å². The van der Waals surface area contributed by atoms with Crippen molar-refractivity contribution in [3.05, 3.63) is 0 Å². The van der Waals surface area contributed by atoms with Crippen molar-refractivity contribution in [2.24, 2.45) is 5.92 Å². The molecule has 0 aromatic carbocycles. The molecule has 0 amide bonds. The molecule has 12 heavy (non-hydrogen) atoms. The smallest absolute Gasteiger partial charge is 0.168 e. The van der Waals surface area contributed by atoms with Gasteiger partial charge in [-0.25, -0.2) is 0 Å². The molecule has 0 aromatic heterocycles. The van der Waals surface area contributed by atoms with Gasteiger partial charge >= 0.3 is 0 Å². The first-order valence-corrected chi connectivity index (χ1v) is 4.79. The monoisotopic (exact) mass is 172 g/mol. The van der Waals surface area contributed by atoms with Crippen LogP contribution in [0, 0.1) is 5.92 Å². The predicted octanol–water partition coefficient (Wildman–Crippen LogP) is 2.57. The molecular formula is C10H20O2. The van der Waals surface area contributed by atoms with Gasteiger partial charge in [-0.2, -0.15) is 0 Å². The Morgan fingerprint density at radius 2 is 1.58 bits per heavy atom. The molecule has 1 aliphatic heterocycles. The lowest BCUT2D eigenvalue weighted by Gasteiger charge is -2.43. The van der Waals surface area contributed by atoms with Crippen LogP contribution < -0.4 is 0 Å². The van der Waals surface area contributed by atoms with Crippen LogP contribution in [-0.2, 0) is 9.47 Å². The Hall–Kier alpha value is -0.0800. The molecule has 1 saturated heterocycles. The molecule has 2 nitrogen and oxygen atoms in total. The van der Waals surface area contributed by atoms with Gasteiger partial charge in [0.2, 0.25) is 0 Å². The predicted molar refractivity (Wildman–Crippen MR) is 49.0 cm³/mol. The molecule has 1 heterocycles. The van der Waals surface area contributed by atoms with Crippen LogP contribution in [0.5, 0.6) is 0 Å². The van der Waals surface area contributed by atoms with Crippen LogP contribution in [0.4, 0.5) is 0 Å². The molecule has 2 heteroatoms. The molecular weight excluding hydrogens is 152 g/mol. The number of rotatable bonds is 1. The summed E-state index contributed by atoms with van der Waals surface area (Å²) < 4.78 is 11.6. The minimum atomic E-state index is -0.378. The lowest BCUT2D eigenvalue weighted by Crippen LogP contribution is -2.48. The summed E-state index contributed by atoms with van der Waals surface area (Å²) in [6.07, 6.45) is 1.64. The van der Waals surface area contributed by atoms with E-state index in [0.29, 0.717) is 18.1 Å². The van der Waals surface area contributed by atoms with E-state index in [0.717, 1.165) is 6.42 Å². The topological polar surface area (TPSA) is 18.5 Å². The molecule has 0 radical (unpaired) electrons. The molecule has 0 saturated carbocycles. The lowest BCUT2D eigenvalue weighted by atomic mass is 10.0. The van der Waals surface area contributed by atoms with Gasteiger partial charge < -0.3 is 9.47 Å². The van der Waals surface area contributed by atoms with Gasteiger partial charge in [0.1, 0.15) is 0 Å². The highest BCUT2D eigenvalue weighted by Gasteiger charge is 2.38. The van der Waals surface area contributed by atoms with Gasteiger partial charge in [-0.05, 0) is 27.2 Å². The van der Waals surface area contributed by atoms with E-state index in [1.165, 1.54) is 0 Å². The SMILES string of the molecule is CC(C)C1(C)O[C@H](C)C[C@@H](C)O1. The largest absolute Gasteiger partial charge is 0.347 e. The summed E-state index contributed by atoms with van der Waals surface area (Å²) in [5.74, 6) is 0.0274. The standard InChI is InChI=1S/C10H20O2/c1-7(2)10(5)11-8(3)6-9(4)12-10/h7-9H,6H2,1-5H3/t8-,9-/m1/s1. The van der Waals surface area contributed by atoms with E-state index in [4.69, 9.17) is 9.47 Å². The zero-order chi connectivity index (χ0) is 9.35. The highest BCUT2D eigenvalue weighted by atomic mass is 16.7. The van der Waals surface area contributed by atoms with Gasteiger partial charge in [0, 0.05) is 5.92 Å². The summed E-state index contributed by atoms with van der Waals surface area (Å²) in [4.78, 5) is 0. The van der Waals surface area contributed by atoms with Crippen molar-refractivity contribution >= 4 is 0 Å². The van der Waals surface area contributed by atoms with Crippen LogP contribution >= 0.6 is 0 Å². The van der Waals surface area contributed by atoms with E-state index >= 15 is 0 Å². The van der Waals surface area contributed by atoms with Crippen molar-refractivity contribution in [2.45, 2.75) is 59.0 Å². The average molecular weight is 172 g/mol. The minimum Gasteiger partial charge on any atom is -0.347 e. The van der Waals surface area contributed by atoms with Crippen LogP contribution in [-0.4, -0.2) is 18.0 Å². The van der Waals surface area contributed by atoms with E-state index in [-0.39, 0.29) is 5.79 Å². The van der Waals surface area contributed by atoms with Gasteiger partial charge in [-0.3, -0.25) is 0 Å². The van der Waals surface area contributed by atoms with Gasteiger partial charge in [-0.15, -0.1) is 0 Å². The summed E-state index contributed by atoms with van der Waals surface area (Å²) in [5.41, 5.74) is 0. The zero-order valence-corrected chi connectivity index (χ0v) is 8.76. The van der Waals surface area contributed by atoms with Crippen LogP contribution in [0.25, 0.3) is 0 Å². The molecule has 0 bridgehead atoms. The van der Waals surface area contributed by atoms with E-state index in [1.807, 2.05) is 6.92 Å². The van der Waals surface area contributed by atoms with E-state index in [2.05, 4.69) is 27.7 Å². The van der Waals surface area contributed by atoms with E-state index < -0.39 is 0 Å². The number of ether oxygens (including phenoxy) is 2. The third-order valence-corrected chi connectivity index (χ3v) is 2.58. The van der Waals surface area contributed by atoms with Gasteiger partial charge in [-0.1, -0.05) is 13.8 Å². The molecule has 0 aromatic rings. The Morgan fingerprint density at radius 1 is 1.17 bits per heavy atom. The van der Waals surface area contributed by atoms with Crippen molar-refractivity contribution in [3.63, 3.8) is 0 Å². The highest BCUT2D eigenvalue weighted by molar-refractivity contribution is 4.77. The second-order valence-electron chi connectivity index (χ2n) is 4.26. The maximum Gasteiger partial charge on any atom is 0.168 e. The second-order valence-corrected chi connectivity index (χ2v) is 4.26. The molecule has 72 valence electrons. The highest BCUT2D eigenvalue weighted by Crippen LogP contribution is 2.32. The maximum absolute atomic E-state index is 5.78. The molecule has 1 rings (SSSR count). The number of hydrogen-bond acceptors (Lipinski definition) is 2. The summed E-state index contributed by atoms with van der Waals surface area (Å²) in [6, 6.07) is 0. The van der Waals surface area contributed by atoms with Gasteiger partial charge in [0.15, 0.2) is 5.79 Å². The molecule has 0 aliphatic carbocycles. The second kappa shape index (κ2) is 3.35. The molecule has 0 unspecified atom stereocenters. The first-order chi connectivity index (χ1) is 5.44. The number of hydrogen-bond donors (Lipinski definition) is 0. The van der Waals surface area contributed by atoms with Crippen molar-refractivity contribution < 1.29 is 9.47 Å². The van der Waals surface area contributed by atoms with Crippen molar-refractivity contribution in [1.29, 1.82) is 0 Å². The summed E-state index contributed by atoms with van der Waals surface area (Å²) >= 11 is 0. The minimum absolute atomic E-state index is 0.321. The fraction of sp³-hybridized carbons (Fsp3) is 1.00. The zero-order valence-electron chi connectivity index (χ0n) is 8.76. The molecule has 0 N–H and O–H groups in total. The Balaban J connectivity index is 2.65. The van der Waals surface area contributed by atoms with Crippen molar-refractivity contribution in [2.75, 3.05) is 0 Å². The Labute approximate surface area is 75.2 Å². The quantitative estimate of drug-likeness (QED) is 0.605. The van der Waals surface area contributed by atoms with E-state index in [9.17, 15) is 0 Å². The van der Waals surface area contributed by atoms with Crippen molar-refractivity contribution in [3.8, 4) is 0 Å². The fourth-order valence-corrected chi connectivity index (χ4v) is 1.66. The summed E-state index contributed by atoms with van der Waals surface area (Å²) in [6.45, 7) is 10.5. The third kappa shape index (κ3) is 1.99. The molecule has 2 atom stereocenters. The third-order valence-electron chi connectivity index (χ3n) is 2.58. The van der Waals surface area contributed by atoms with Crippen molar-refractivity contribution in [1.82, 2.24) is 0 Å². The van der Waals surface area contributed by atoms with Gasteiger partial charge in [0.05, 0.1) is 12.2 Å². The maximum atomic E-state index is 5.78. The van der Waals surface area contributed by atoms with Crippen LogP contribution in [0.3, 0.4) is 0 Å². The Kier molecular flexibility index (Phi) is 2.79. The normalized spacial score (nSPS) is 43.5.